The van der Waals surface area contributed by atoms with Crippen molar-refractivity contribution >= 4 is 0 Å². The van der Waals surface area contributed by atoms with Crippen molar-refractivity contribution < 1.29 is 14.2 Å². The zero-order valence-electron chi connectivity index (χ0n) is 11.1. The number of ether oxygens (including phenoxy) is 1. The van der Waals surface area contributed by atoms with Crippen LogP contribution < -0.4 is 4.74 Å². The molecule has 2 aromatic carbocycles. The van der Waals surface area contributed by atoms with Crippen molar-refractivity contribution in [1.82, 2.24) is 0 Å². The third kappa shape index (κ3) is 3.82. The summed E-state index contributed by atoms with van der Waals surface area (Å²) in [5, 5.41) is 17.4. The maximum atomic E-state index is 13.7. The molecule has 0 saturated heterocycles. The van der Waals surface area contributed by atoms with Gasteiger partial charge in [0.15, 0.2) is 11.6 Å². The molecule has 0 bridgehead atoms. The number of halogens is 1. The molecule has 0 spiro atoms. The van der Waals surface area contributed by atoms with E-state index in [1.165, 1.54) is 12.1 Å². The summed E-state index contributed by atoms with van der Waals surface area (Å²) >= 11 is 0. The molecule has 2 rings (SSSR count). The van der Waals surface area contributed by atoms with Gasteiger partial charge in [-0.15, -0.1) is 0 Å². The van der Waals surface area contributed by atoms with Gasteiger partial charge in [-0.3, -0.25) is 0 Å². The van der Waals surface area contributed by atoms with Gasteiger partial charge in [0, 0.05) is 11.1 Å². The third-order valence-electron chi connectivity index (χ3n) is 2.76. The summed E-state index contributed by atoms with van der Waals surface area (Å²) in [4.78, 5) is 0. The molecule has 0 radical (unpaired) electrons. The van der Waals surface area contributed by atoms with E-state index < -0.39 is 5.82 Å². The van der Waals surface area contributed by atoms with E-state index in [-0.39, 0.29) is 24.5 Å². The van der Waals surface area contributed by atoms with Gasteiger partial charge in [-0.25, -0.2) is 4.39 Å². The molecule has 3 nitrogen and oxygen atoms in total. The van der Waals surface area contributed by atoms with Gasteiger partial charge < -0.3 is 9.84 Å². The first kappa shape index (κ1) is 14.6. The van der Waals surface area contributed by atoms with Crippen LogP contribution in [0.3, 0.4) is 0 Å². The normalized spacial score (nSPS) is 9.38. The average molecular weight is 281 g/mol. The van der Waals surface area contributed by atoms with Gasteiger partial charge in [-0.2, -0.15) is 5.26 Å². The summed E-state index contributed by atoms with van der Waals surface area (Å²) in [6, 6.07) is 13.2. The number of aliphatic hydroxyl groups is 1. The molecule has 0 heterocycles. The number of hydrogen-bond donors (Lipinski definition) is 1. The first-order valence-electron chi connectivity index (χ1n) is 6.24. The van der Waals surface area contributed by atoms with Crippen LogP contribution in [0.25, 0.3) is 0 Å². The highest BCUT2D eigenvalue weighted by molar-refractivity contribution is 5.41. The van der Waals surface area contributed by atoms with Crippen molar-refractivity contribution in [2.45, 2.75) is 6.61 Å². The highest BCUT2D eigenvalue weighted by Gasteiger charge is 2.06. The highest BCUT2D eigenvalue weighted by Crippen LogP contribution is 2.20. The Morgan fingerprint density at radius 3 is 2.71 bits per heavy atom. The number of benzene rings is 2. The highest BCUT2D eigenvalue weighted by atomic mass is 19.1. The van der Waals surface area contributed by atoms with Crippen LogP contribution in [-0.2, 0) is 6.61 Å². The van der Waals surface area contributed by atoms with Gasteiger partial charge >= 0.3 is 0 Å². The Morgan fingerprint density at radius 2 is 2.00 bits per heavy atom. The first-order chi connectivity index (χ1) is 10.2. The molecule has 0 fully saturated rings. The quantitative estimate of drug-likeness (QED) is 0.880. The molecule has 2 aromatic rings. The van der Waals surface area contributed by atoms with Gasteiger partial charge in [-0.1, -0.05) is 30.0 Å². The Kier molecular flexibility index (Phi) is 4.93. The van der Waals surface area contributed by atoms with E-state index in [1.54, 1.807) is 6.07 Å². The number of nitriles is 1. The maximum Gasteiger partial charge on any atom is 0.166 e. The van der Waals surface area contributed by atoms with Crippen molar-refractivity contribution in [1.29, 1.82) is 5.26 Å². The van der Waals surface area contributed by atoms with Crippen molar-refractivity contribution in [3.63, 3.8) is 0 Å². The average Bonchev–Trinajstić information content (AvgIpc) is 2.52. The van der Waals surface area contributed by atoms with Crippen LogP contribution in [0.5, 0.6) is 5.75 Å². The molecule has 4 heteroatoms. The van der Waals surface area contributed by atoms with Gasteiger partial charge in [0.05, 0.1) is 11.6 Å². The van der Waals surface area contributed by atoms with Crippen LogP contribution in [0.4, 0.5) is 4.39 Å². The smallest absolute Gasteiger partial charge is 0.166 e. The fourth-order valence-corrected chi connectivity index (χ4v) is 1.75. The molecular formula is C17H12FNO2. The number of rotatable bonds is 3. The third-order valence-corrected chi connectivity index (χ3v) is 2.76. The SMILES string of the molecule is N#Cc1ccc(OCc2ccccc2C#CCO)c(F)c1. The molecular weight excluding hydrogens is 269 g/mol. The summed E-state index contributed by atoms with van der Waals surface area (Å²) in [7, 11) is 0. The van der Waals surface area contributed by atoms with E-state index in [0.29, 0.717) is 0 Å². The predicted octanol–water partition coefficient (Wildman–Crippen LogP) is 2.62. The Hall–Kier alpha value is -2.82. The predicted molar refractivity (Wildman–Crippen MR) is 75.9 cm³/mol. The first-order valence-corrected chi connectivity index (χ1v) is 6.24. The van der Waals surface area contributed by atoms with E-state index in [4.69, 9.17) is 15.1 Å². The molecule has 0 aromatic heterocycles. The van der Waals surface area contributed by atoms with Crippen LogP contribution in [0, 0.1) is 29.0 Å². The lowest BCUT2D eigenvalue weighted by molar-refractivity contribution is 0.290. The van der Waals surface area contributed by atoms with Crippen LogP contribution in [0.1, 0.15) is 16.7 Å². The minimum absolute atomic E-state index is 0.0823. The van der Waals surface area contributed by atoms with Crippen molar-refractivity contribution in [3.05, 3.63) is 65.0 Å². The standard InChI is InChI=1S/C17H12FNO2/c18-16-10-13(11-19)7-8-17(16)21-12-15-5-2-1-4-14(15)6-3-9-20/h1-2,4-5,7-8,10,20H,9,12H2. The number of aliphatic hydroxyl groups excluding tert-OH is 1. The summed E-state index contributed by atoms with van der Waals surface area (Å²) < 4.78 is 19.1. The monoisotopic (exact) mass is 281 g/mol. The summed E-state index contributed by atoms with van der Waals surface area (Å²) in [6.45, 7) is -0.0709. The Bertz CT molecular complexity index is 738. The van der Waals surface area contributed by atoms with Gasteiger partial charge in [-0.05, 0) is 24.3 Å². The number of nitrogens with zero attached hydrogens (tertiary/aromatic N) is 1. The summed E-state index contributed by atoms with van der Waals surface area (Å²) in [5.41, 5.74) is 1.76. The van der Waals surface area contributed by atoms with Crippen LogP contribution in [0.15, 0.2) is 42.5 Å². The fraction of sp³-hybridized carbons (Fsp3) is 0.118. The Labute approximate surface area is 122 Å². The molecule has 104 valence electrons. The maximum absolute atomic E-state index is 13.7. The molecule has 0 saturated carbocycles. The Morgan fingerprint density at radius 1 is 1.19 bits per heavy atom. The zero-order valence-corrected chi connectivity index (χ0v) is 11.1. The molecule has 0 aliphatic carbocycles. The van der Waals surface area contributed by atoms with Gasteiger partial charge in [0.25, 0.3) is 0 Å². The number of hydrogen-bond acceptors (Lipinski definition) is 3. The van der Waals surface area contributed by atoms with E-state index in [9.17, 15) is 4.39 Å². The van der Waals surface area contributed by atoms with Crippen molar-refractivity contribution in [3.8, 4) is 23.7 Å². The van der Waals surface area contributed by atoms with Crippen molar-refractivity contribution in [2.75, 3.05) is 6.61 Å². The lowest BCUT2D eigenvalue weighted by Gasteiger charge is -2.09. The largest absolute Gasteiger partial charge is 0.486 e. The van der Waals surface area contributed by atoms with E-state index in [1.807, 2.05) is 24.3 Å². The van der Waals surface area contributed by atoms with Gasteiger partial charge in [0.1, 0.15) is 13.2 Å². The minimum Gasteiger partial charge on any atom is -0.486 e. The molecule has 21 heavy (non-hydrogen) atoms. The minimum atomic E-state index is -0.576. The van der Waals surface area contributed by atoms with Crippen molar-refractivity contribution in [2.24, 2.45) is 0 Å². The molecule has 0 amide bonds. The lowest BCUT2D eigenvalue weighted by atomic mass is 10.1. The van der Waals surface area contributed by atoms with Gasteiger partial charge in [0.2, 0.25) is 0 Å². The molecule has 1 N–H and O–H groups in total. The van der Waals surface area contributed by atoms with Crippen LogP contribution in [0.2, 0.25) is 0 Å². The van der Waals surface area contributed by atoms with E-state index >= 15 is 0 Å². The van der Waals surface area contributed by atoms with Crippen LogP contribution >= 0.6 is 0 Å². The molecule has 0 aliphatic rings. The Balaban J connectivity index is 2.15. The molecule has 0 atom stereocenters. The second kappa shape index (κ2) is 7.09. The molecule has 0 aliphatic heterocycles. The topological polar surface area (TPSA) is 53.2 Å². The lowest BCUT2D eigenvalue weighted by Crippen LogP contribution is -2.00. The fourth-order valence-electron chi connectivity index (χ4n) is 1.75. The summed E-state index contributed by atoms with van der Waals surface area (Å²) in [6.07, 6.45) is 0. The van der Waals surface area contributed by atoms with Crippen LogP contribution in [-0.4, -0.2) is 11.7 Å². The van der Waals surface area contributed by atoms with E-state index in [2.05, 4.69) is 11.8 Å². The second-order valence-electron chi connectivity index (χ2n) is 4.16. The second-order valence-corrected chi connectivity index (χ2v) is 4.16. The zero-order chi connectivity index (χ0) is 15.1. The van der Waals surface area contributed by atoms with E-state index in [0.717, 1.165) is 17.2 Å². The summed E-state index contributed by atoms with van der Waals surface area (Å²) in [5.74, 6) is 4.89. The molecule has 0 unspecified atom stereocenters.